The number of aromatic nitrogens is 3. The highest BCUT2D eigenvalue weighted by atomic mass is 16.3. The third kappa shape index (κ3) is 2.59. The Balaban J connectivity index is 2.00. The minimum absolute atomic E-state index is 0.138. The van der Waals surface area contributed by atoms with E-state index in [0.717, 1.165) is 37.2 Å². The zero-order chi connectivity index (χ0) is 14.8. The molecule has 1 aromatic heterocycles. The Bertz CT molecular complexity index is 646. The molecule has 0 bridgehead atoms. The molecule has 1 aliphatic rings. The topological polar surface area (TPSA) is 108 Å². The molecule has 21 heavy (non-hydrogen) atoms. The maximum atomic E-state index is 11.4. The number of hydrogen-bond acceptors (Lipinski definition) is 5. The summed E-state index contributed by atoms with van der Waals surface area (Å²) in [6.45, 7) is 1.53. The van der Waals surface area contributed by atoms with Gasteiger partial charge in [0, 0.05) is 24.3 Å². The number of carbonyl (C=O) groups excluding carboxylic acids is 1. The number of benzene rings is 1. The van der Waals surface area contributed by atoms with E-state index in [2.05, 4.69) is 20.3 Å². The number of anilines is 1. The monoisotopic (exact) mass is 287 g/mol. The van der Waals surface area contributed by atoms with Crippen molar-refractivity contribution in [1.82, 2.24) is 15.4 Å². The number of para-hydroxylation sites is 1. The zero-order valence-corrected chi connectivity index (χ0v) is 11.5. The number of nitrogens with one attached hydrogen (secondary N) is 1. The fourth-order valence-electron chi connectivity index (χ4n) is 2.65. The minimum atomic E-state index is -0.609. The first-order valence-corrected chi connectivity index (χ1v) is 6.90. The number of nitrogens with two attached hydrogens (primary N) is 1. The van der Waals surface area contributed by atoms with E-state index in [9.17, 15) is 9.90 Å². The van der Waals surface area contributed by atoms with Crippen LogP contribution in [0.1, 0.15) is 23.3 Å². The number of primary amides is 1. The standard InChI is InChI=1S/C14H17N5O2/c15-14(21)13-12(16-18-17-13)10-3-1-2-4-11(10)19-7-5-9(20)6-8-19/h1-4,9,20H,5-8H2,(H2,15,21)(H,16,17,18). The smallest absolute Gasteiger partial charge is 0.271 e. The summed E-state index contributed by atoms with van der Waals surface area (Å²) in [6, 6.07) is 7.70. The van der Waals surface area contributed by atoms with Gasteiger partial charge in [-0.25, -0.2) is 0 Å². The van der Waals surface area contributed by atoms with Gasteiger partial charge in [-0.15, -0.1) is 0 Å². The molecule has 0 aliphatic carbocycles. The number of aromatic amines is 1. The molecule has 0 atom stereocenters. The van der Waals surface area contributed by atoms with Crippen molar-refractivity contribution in [3.05, 3.63) is 30.0 Å². The van der Waals surface area contributed by atoms with Crippen molar-refractivity contribution in [2.24, 2.45) is 5.73 Å². The predicted molar refractivity (Wildman–Crippen MR) is 77.8 cm³/mol. The van der Waals surface area contributed by atoms with Crippen LogP contribution in [0.25, 0.3) is 11.3 Å². The molecule has 2 aromatic rings. The third-order valence-electron chi connectivity index (χ3n) is 3.75. The zero-order valence-electron chi connectivity index (χ0n) is 11.5. The number of carbonyl (C=O) groups is 1. The van der Waals surface area contributed by atoms with E-state index in [1.165, 1.54) is 0 Å². The molecule has 110 valence electrons. The van der Waals surface area contributed by atoms with Crippen LogP contribution >= 0.6 is 0 Å². The van der Waals surface area contributed by atoms with Crippen molar-refractivity contribution < 1.29 is 9.90 Å². The third-order valence-corrected chi connectivity index (χ3v) is 3.75. The molecule has 2 heterocycles. The van der Waals surface area contributed by atoms with Crippen LogP contribution < -0.4 is 10.6 Å². The van der Waals surface area contributed by atoms with Crippen molar-refractivity contribution in [1.29, 1.82) is 0 Å². The van der Waals surface area contributed by atoms with Crippen LogP contribution in [0.2, 0.25) is 0 Å². The van der Waals surface area contributed by atoms with Crippen LogP contribution in [0.3, 0.4) is 0 Å². The lowest BCUT2D eigenvalue weighted by Crippen LogP contribution is -2.36. The first-order valence-electron chi connectivity index (χ1n) is 6.90. The second-order valence-corrected chi connectivity index (χ2v) is 5.12. The second-order valence-electron chi connectivity index (χ2n) is 5.12. The largest absolute Gasteiger partial charge is 0.393 e. The molecule has 0 saturated carbocycles. The average molecular weight is 287 g/mol. The number of hydrogen-bond donors (Lipinski definition) is 3. The van der Waals surface area contributed by atoms with Gasteiger partial charge in [0.2, 0.25) is 0 Å². The van der Waals surface area contributed by atoms with E-state index in [-0.39, 0.29) is 11.8 Å². The molecule has 0 radical (unpaired) electrons. The van der Waals surface area contributed by atoms with Crippen molar-refractivity contribution in [3.8, 4) is 11.3 Å². The van der Waals surface area contributed by atoms with Gasteiger partial charge in [0.05, 0.1) is 6.10 Å². The van der Waals surface area contributed by atoms with Crippen LogP contribution in [-0.4, -0.2) is 45.6 Å². The molecule has 1 aromatic carbocycles. The van der Waals surface area contributed by atoms with Crippen molar-refractivity contribution >= 4 is 11.6 Å². The van der Waals surface area contributed by atoms with Gasteiger partial charge in [-0.3, -0.25) is 4.79 Å². The summed E-state index contributed by atoms with van der Waals surface area (Å²) in [5.74, 6) is -0.609. The van der Waals surface area contributed by atoms with E-state index in [0.29, 0.717) is 5.69 Å². The van der Waals surface area contributed by atoms with Crippen LogP contribution in [0.5, 0.6) is 0 Å². The summed E-state index contributed by atoms with van der Waals surface area (Å²) in [4.78, 5) is 13.6. The average Bonchev–Trinajstić information content (AvgIpc) is 2.98. The molecule has 1 fully saturated rings. The lowest BCUT2D eigenvalue weighted by atomic mass is 10.0. The number of amides is 1. The molecule has 7 heteroatoms. The summed E-state index contributed by atoms with van der Waals surface area (Å²) in [7, 11) is 0. The Morgan fingerprint density at radius 1 is 1.29 bits per heavy atom. The number of rotatable bonds is 3. The highest BCUT2D eigenvalue weighted by Gasteiger charge is 2.23. The summed E-state index contributed by atoms with van der Waals surface area (Å²) >= 11 is 0. The van der Waals surface area contributed by atoms with Gasteiger partial charge in [0.1, 0.15) is 5.69 Å². The SMILES string of the molecule is NC(=O)c1n[nH]nc1-c1ccccc1N1CCC(O)CC1. The number of H-pyrrole nitrogens is 1. The van der Waals surface area contributed by atoms with Crippen LogP contribution in [-0.2, 0) is 0 Å². The molecule has 7 nitrogen and oxygen atoms in total. The molecule has 0 spiro atoms. The highest BCUT2D eigenvalue weighted by molar-refractivity contribution is 5.98. The van der Waals surface area contributed by atoms with E-state index < -0.39 is 5.91 Å². The maximum absolute atomic E-state index is 11.4. The Morgan fingerprint density at radius 2 is 2.00 bits per heavy atom. The van der Waals surface area contributed by atoms with Crippen molar-refractivity contribution in [2.45, 2.75) is 18.9 Å². The van der Waals surface area contributed by atoms with Crippen molar-refractivity contribution in [3.63, 3.8) is 0 Å². The van der Waals surface area contributed by atoms with Gasteiger partial charge in [-0.05, 0) is 18.9 Å². The Kier molecular flexibility index (Phi) is 3.57. The molecular formula is C14H17N5O2. The number of piperidine rings is 1. The van der Waals surface area contributed by atoms with Gasteiger partial charge in [0.15, 0.2) is 5.69 Å². The molecule has 3 rings (SSSR count). The van der Waals surface area contributed by atoms with E-state index >= 15 is 0 Å². The lowest BCUT2D eigenvalue weighted by Gasteiger charge is -2.32. The second kappa shape index (κ2) is 5.53. The first kappa shape index (κ1) is 13.6. The van der Waals surface area contributed by atoms with Gasteiger partial charge in [-0.2, -0.15) is 15.4 Å². The maximum Gasteiger partial charge on any atom is 0.271 e. The van der Waals surface area contributed by atoms with E-state index in [1.54, 1.807) is 0 Å². The summed E-state index contributed by atoms with van der Waals surface area (Å²) < 4.78 is 0. The summed E-state index contributed by atoms with van der Waals surface area (Å²) in [5.41, 5.74) is 7.72. The fraction of sp³-hybridized carbons (Fsp3) is 0.357. The Labute approximate surface area is 121 Å². The van der Waals surface area contributed by atoms with Gasteiger partial charge < -0.3 is 15.7 Å². The highest BCUT2D eigenvalue weighted by Crippen LogP contribution is 2.32. The van der Waals surface area contributed by atoms with Crippen LogP contribution in [0, 0.1) is 0 Å². The molecule has 1 aliphatic heterocycles. The molecule has 1 saturated heterocycles. The summed E-state index contributed by atoms with van der Waals surface area (Å²) in [5, 5.41) is 20.0. The van der Waals surface area contributed by atoms with E-state index in [1.807, 2.05) is 24.3 Å². The number of aliphatic hydroxyl groups excluding tert-OH is 1. The number of aliphatic hydroxyl groups is 1. The predicted octanol–water partition coefficient (Wildman–Crippen LogP) is 0.532. The lowest BCUT2D eigenvalue weighted by molar-refractivity contribution is 0.0996. The normalized spacial score (nSPS) is 16.1. The molecule has 4 N–H and O–H groups in total. The Morgan fingerprint density at radius 3 is 2.71 bits per heavy atom. The quantitative estimate of drug-likeness (QED) is 0.763. The number of nitrogens with zero attached hydrogens (tertiary/aromatic N) is 3. The van der Waals surface area contributed by atoms with E-state index in [4.69, 9.17) is 5.73 Å². The summed E-state index contributed by atoms with van der Waals surface area (Å²) in [6.07, 6.45) is 1.23. The Hall–Kier alpha value is -2.41. The molecule has 1 amide bonds. The van der Waals surface area contributed by atoms with Gasteiger partial charge >= 0.3 is 0 Å². The van der Waals surface area contributed by atoms with Gasteiger partial charge in [0.25, 0.3) is 5.91 Å². The molecular weight excluding hydrogens is 270 g/mol. The molecule has 0 unspecified atom stereocenters. The minimum Gasteiger partial charge on any atom is -0.393 e. The van der Waals surface area contributed by atoms with Crippen LogP contribution in [0.4, 0.5) is 5.69 Å². The fourth-order valence-corrected chi connectivity index (χ4v) is 2.65. The van der Waals surface area contributed by atoms with Crippen LogP contribution in [0.15, 0.2) is 24.3 Å². The van der Waals surface area contributed by atoms with Gasteiger partial charge in [-0.1, -0.05) is 18.2 Å². The first-order chi connectivity index (χ1) is 10.2. The van der Waals surface area contributed by atoms with Crippen molar-refractivity contribution in [2.75, 3.05) is 18.0 Å².